The van der Waals surface area contributed by atoms with Gasteiger partial charge in [-0.3, -0.25) is 0 Å². The van der Waals surface area contributed by atoms with Crippen LogP contribution in [0.5, 0.6) is 0 Å². The second kappa shape index (κ2) is 3.22. The summed E-state index contributed by atoms with van der Waals surface area (Å²) in [4.78, 5) is 0. The van der Waals surface area contributed by atoms with Crippen molar-refractivity contribution in [3.8, 4) is 0 Å². The Bertz CT molecular complexity index is 82.8. The molecule has 0 amide bonds. The first-order valence-electron chi connectivity index (χ1n) is 3.54. The fourth-order valence-electron chi connectivity index (χ4n) is 0.388. The summed E-state index contributed by atoms with van der Waals surface area (Å²) in [6.07, 6.45) is 0. The lowest BCUT2D eigenvalue weighted by molar-refractivity contribution is -0.0101. The molecule has 0 heterocycles. The fourth-order valence-corrected chi connectivity index (χ4v) is 0.503. The Balaban J connectivity index is 3.56. The SMILES string of the molecule is CC(C)(Br)COC(C)(C)C. The van der Waals surface area contributed by atoms with Gasteiger partial charge in [0.2, 0.25) is 0 Å². The third-order valence-corrected chi connectivity index (χ3v) is 1.08. The van der Waals surface area contributed by atoms with Gasteiger partial charge < -0.3 is 4.74 Å². The zero-order valence-corrected chi connectivity index (χ0v) is 9.08. The zero-order chi connectivity index (χ0) is 8.41. The number of hydrogen-bond donors (Lipinski definition) is 0. The summed E-state index contributed by atoms with van der Waals surface area (Å²) in [5, 5.41) is 0. The molecule has 0 spiro atoms. The highest BCUT2D eigenvalue weighted by molar-refractivity contribution is 9.10. The van der Waals surface area contributed by atoms with Crippen molar-refractivity contribution in [1.82, 2.24) is 0 Å². The van der Waals surface area contributed by atoms with E-state index in [9.17, 15) is 0 Å². The molecule has 0 aromatic carbocycles. The van der Waals surface area contributed by atoms with Crippen LogP contribution >= 0.6 is 15.9 Å². The smallest absolute Gasteiger partial charge is 0.0621 e. The van der Waals surface area contributed by atoms with Gasteiger partial charge in [-0.25, -0.2) is 0 Å². The van der Waals surface area contributed by atoms with E-state index < -0.39 is 0 Å². The average Bonchev–Trinajstić information content (AvgIpc) is 1.57. The molecule has 0 unspecified atom stereocenters. The molecular formula is C8H17BrO. The first-order chi connectivity index (χ1) is 4.21. The van der Waals surface area contributed by atoms with Gasteiger partial charge >= 0.3 is 0 Å². The van der Waals surface area contributed by atoms with Crippen LogP contribution in [-0.4, -0.2) is 16.5 Å². The lowest BCUT2D eigenvalue weighted by Gasteiger charge is -2.25. The Morgan fingerprint density at radius 1 is 1.10 bits per heavy atom. The van der Waals surface area contributed by atoms with E-state index in [4.69, 9.17) is 4.74 Å². The molecule has 0 fully saturated rings. The van der Waals surface area contributed by atoms with Crippen molar-refractivity contribution < 1.29 is 4.74 Å². The maximum absolute atomic E-state index is 5.55. The van der Waals surface area contributed by atoms with Crippen LogP contribution in [0.4, 0.5) is 0 Å². The minimum atomic E-state index is -0.0228. The van der Waals surface area contributed by atoms with Crippen LogP contribution in [-0.2, 0) is 4.74 Å². The lowest BCUT2D eigenvalue weighted by Crippen LogP contribution is -2.28. The van der Waals surface area contributed by atoms with E-state index in [1.54, 1.807) is 0 Å². The van der Waals surface area contributed by atoms with Gasteiger partial charge in [-0.2, -0.15) is 0 Å². The van der Waals surface area contributed by atoms with Gasteiger partial charge in [0, 0.05) is 4.32 Å². The molecule has 0 aliphatic rings. The van der Waals surface area contributed by atoms with E-state index in [1.165, 1.54) is 0 Å². The molecule has 2 heteroatoms. The number of halogens is 1. The predicted octanol–water partition coefficient (Wildman–Crippen LogP) is 2.98. The highest BCUT2D eigenvalue weighted by Crippen LogP contribution is 2.19. The van der Waals surface area contributed by atoms with Gasteiger partial charge in [0.1, 0.15) is 0 Å². The zero-order valence-electron chi connectivity index (χ0n) is 7.49. The molecule has 0 rings (SSSR count). The third-order valence-electron chi connectivity index (χ3n) is 0.848. The predicted molar refractivity (Wildman–Crippen MR) is 48.7 cm³/mol. The Kier molecular flexibility index (Phi) is 3.37. The van der Waals surface area contributed by atoms with Crippen molar-refractivity contribution in [2.45, 2.75) is 44.5 Å². The Hall–Kier alpha value is 0.440. The third kappa shape index (κ3) is 8.44. The van der Waals surface area contributed by atoms with Gasteiger partial charge in [-0.15, -0.1) is 0 Å². The molecule has 0 aliphatic heterocycles. The molecule has 62 valence electrons. The second-order valence-corrected chi connectivity index (χ2v) is 6.27. The Morgan fingerprint density at radius 3 is 1.60 bits per heavy atom. The molecule has 10 heavy (non-hydrogen) atoms. The highest BCUT2D eigenvalue weighted by atomic mass is 79.9. The largest absolute Gasteiger partial charge is 0.374 e. The van der Waals surface area contributed by atoms with Crippen LogP contribution in [0, 0.1) is 0 Å². The van der Waals surface area contributed by atoms with E-state index in [-0.39, 0.29) is 9.93 Å². The van der Waals surface area contributed by atoms with Crippen molar-refractivity contribution in [2.75, 3.05) is 6.61 Å². The summed E-state index contributed by atoms with van der Waals surface area (Å²) in [6.45, 7) is 11.1. The number of hydrogen-bond acceptors (Lipinski definition) is 1. The van der Waals surface area contributed by atoms with Crippen molar-refractivity contribution in [1.29, 1.82) is 0 Å². The van der Waals surface area contributed by atoms with Gasteiger partial charge in [0.25, 0.3) is 0 Å². The van der Waals surface area contributed by atoms with Crippen molar-refractivity contribution in [3.63, 3.8) is 0 Å². The summed E-state index contributed by atoms with van der Waals surface area (Å²) >= 11 is 3.51. The van der Waals surface area contributed by atoms with E-state index in [0.29, 0.717) is 0 Å². The van der Waals surface area contributed by atoms with Crippen LogP contribution in [0.15, 0.2) is 0 Å². The molecule has 0 bridgehead atoms. The molecule has 0 saturated carbocycles. The van der Waals surface area contributed by atoms with Crippen LogP contribution in [0.1, 0.15) is 34.6 Å². The summed E-state index contributed by atoms with van der Waals surface area (Å²) in [7, 11) is 0. The summed E-state index contributed by atoms with van der Waals surface area (Å²) in [6, 6.07) is 0. The first kappa shape index (κ1) is 10.4. The Morgan fingerprint density at radius 2 is 1.50 bits per heavy atom. The minimum absolute atomic E-state index is 0.0228. The van der Waals surface area contributed by atoms with E-state index in [1.807, 2.05) is 0 Å². The number of alkyl halides is 1. The fraction of sp³-hybridized carbons (Fsp3) is 1.00. The highest BCUT2D eigenvalue weighted by Gasteiger charge is 2.18. The monoisotopic (exact) mass is 208 g/mol. The molecule has 0 N–H and O–H groups in total. The van der Waals surface area contributed by atoms with Gasteiger partial charge in [-0.05, 0) is 34.6 Å². The molecule has 0 radical (unpaired) electrons. The summed E-state index contributed by atoms with van der Waals surface area (Å²) in [5.74, 6) is 0. The molecule has 0 aromatic rings. The normalized spacial score (nSPS) is 13.8. The lowest BCUT2D eigenvalue weighted by atomic mass is 10.2. The molecular weight excluding hydrogens is 192 g/mol. The maximum atomic E-state index is 5.55. The van der Waals surface area contributed by atoms with Crippen molar-refractivity contribution in [2.24, 2.45) is 0 Å². The molecule has 0 aliphatic carbocycles. The Labute approximate surface area is 72.3 Å². The molecule has 1 nitrogen and oxygen atoms in total. The topological polar surface area (TPSA) is 9.23 Å². The molecule has 0 saturated heterocycles. The standard InChI is InChI=1S/C8H17BrO/c1-7(2,3)10-6-8(4,5)9/h6H2,1-5H3. The van der Waals surface area contributed by atoms with Crippen LogP contribution in [0.2, 0.25) is 0 Å². The molecule has 0 atom stereocenters. The maximum Gasteiger partial charge on any atom is 0.0621 e. The average molecular weight is 209 g/mol. The summed E-state index contributed by atoms with van der Waals surface area (Å²) < 4.78 is 5.64. The van der Waals surface area contributed by atoms with Gasteiger partial charge in [-0.1, -0.05) is 15.9 Å². The van der Waals surface area contributed by atoms with Crippen molar-refractivity contribution in [3.05, 3.63) is 0 Å². The van der Waals surface area contributed by atoms with E-state index in [2.05, 4.69) is 50.5 Å². The number of rotatable bonds is 2. The van der Waals surface area contributed by atoms with E-state index >= 15 is 0 Å². The summed E-state index contributed by atoms with van der Waals surface area (Å²) in [5.41, 5.74) is -0.0228. The van der Waals surface area contributed by atoms with Crippen LogP contribution in [0.25, 0.3) is 0 Å². The quantitative estimate of drug-likeness (QED) is 0.635. The van der Waals surface area contributed by atoms with Crippen molar-refractivity contribution >= 4 is 15.9 Å². The first-order valence-corrected chi connectivity index (χ1v) is 4.33. The number of ether oxygens (including phenoxy) is 1. The van der Waals surface area contributed by atoms with Gasteiger partial charge in [0.05, 0.1) is 12.2 Å². The molecule has 0 aromatic heterocycles. The van der Waals surface area contributed by atoms with Crippen LogP contribution in [0.3, 0.4) is 0 Å². The van der Waals surface area contributed by atoms with Gasteiger partial charge in [0.15, 0.2) is 0 Å². The minimum Gasteiger partial charge on any atom is -0.374 e. The van der Waals surface area contributed by atoms with E-state index in [0.717, 1.165) is 6.61 Å². The second-order valence-electron chi connectivity index (χ2n) is 4.12. The van der Waals surface area contributed by atoms with Crippen LogP contribution < -0.4 is 0 Å².